The fourth-order valence-corrected chi connectivity index (χ4v) is 1.72. The fourth-order valence-electron chi connectivity index (χ4n) is 0.693. The molecule has 0 fully saturated rings. The van der Waals surface area contributed by atoms with E-state index in [2.05, 4.69) is 11.9 Å². The summed E-state index contributed by atoms with van der Waals surface area (Å²) in [5, 5.41) is 2.66. The van der Waals surface area contributed by atoms with E-state index in [4.69, 9.17) is 11.6 Å². The van der Waals surface area contributed by atoms with Gasteiger partial charge in [-0.2, -0.15) is 0 Å². The second-order valence-electron chi connectivity index (χ2n) is 2.13. The van der Waals surface area contributed by atoms with E-state index in [9.17, 15) is 4.79 Å². The molecule has 0 aliphatic heterocycles. The topological polar surface area (TPSA) is 29.1 Å². The van der Waals surface area contributed by atoms with E-state index in [0.717, 1.165) is 9.21 Å². The van der Waals surface area contributed by atoms with Crippen LogP contribution in [0.4, 0.5) is 0 Å². The van der Waals surface area contributed by atoms with E-state index < -0.39 is 0 Å². The molecule has 4 heteroatoms. The zero-order chi connectivity index (χ0) is 8.97. The summed E-state index contributed by atoms with van der Waals surface area (Å²) in [6.45, 7) is 3.86. The molecular formula is C8H8ClNOS. The van der Waals surface area contributed by atoms with Crippen LogP contribution in [0, 0.1) is 0 Å². The van der Waals surface area contributed by atoms with Gasteiger partial charge in [-0.1, -0.05) is 18.2 Å². The highest BCUT2D eigenvalue weighted by atomic mass is 35.5. The Hall–Kier alpha value is -0.800. The summed E-state index contributed by atoms with van der Waals surface area (Å²) in [7, 11) is 0. The third kappa shape index (κ3) is 2.68. The molecule has 0 aromatic carbocycles. The van der Waals surface area contributed by atoms with E-state index in [0.29, 0.717) is 6.54 Å². The van der Waals surface area contributed by atoms with Gasteiger partial charge in [0.1, 0.15) is 0 Å². The summed E-state index contributed by atoms with van der Waals surface area (Å²) >= 11 is 7.15. The second kappa shape index (κ2) is 4.28. The average Bonchev–Trinajstić information content (AvgIpc) is 2.47. The highest BCUT2D eigenvalue weighted by Gasteiger charge is 1.98. The molecule has 1 aromatic rings. The van der Waals surface area contributed by atoms with Crippen molar-refractivity contribution in [3.8, 4) is 0 Å². The Morgan fingerprint density at radius 2 is 2.50 bits per heavy atom. The number of hydrogen-bond acceptors (Lipinski definition) is 2. The molecule has 0 aliphatic rings. The molecule has 0 unspecified atom stereocenters. The zero-order valence-electron chi connectivity index (χ0n) is 6.34. The van der Waals surface area contributed by atoms with Gasteiger partial charge in [-0.15, -0.1) is 11.3 Å². The van der Waals surface area contributed by atoms with Crippen molar-refractivity contribution in [3.63, 3.8) is 0 Å². The van der Waals surface area contributed by atoms with Gasteiger partial charge in [0.25, 0.3) is 0 Å². The molecule has 0 aliphatic carbocycles. The van der Waals surface area contributed by atoms with E-state index in [1.165, 1.54) is 17.4 Å². The molecule has 0 saturated heterocycles. The Morgan fingerprint density at radius 3 is 3.00 bits per heavy atom. The number of rotatable bonds is 3. The first-order valence-electron chi connectivity index (χ1n) is 3.37. The normalized spacial score (nSPS) is 9.42. The van der Waals surface area contributed by atoms with Crippen molar-refractivity contribution in [2.24, 2.45) is 0 Å². The maximum atomic E-state index is 10.7. The van der Waals surface area contributed by atoms with Gasteiger partial charge in [0.2, 0.25) is 5.91 Å². The number of thiophene rings is 1. The van der Waals surface area contributed by atoms with Gasteiger partial charge >= 0.3 is 0 Å². The lowest BCUT2D eigenvalue weighted by Gasteiger charge is -1.97. The first kappa shape index (κ1) is 9.29. The summed E-state index contributed by atoms with van der Waals surface area (Å²) in [4.78, 5) is 11.8. The van der Waals surface area contributed by atoms with E-state index >= 15 is 0 Å². The van der Waals surface area contributed by atoms with Gasteiger partial charge in [0.05, 0.1) is 10.9 Å². The number of halogens is 1. The van der Waals surface area contributed by atoms with Gasteiger partial charge < -0.3 is 5.32 Å². The Bertz CT molecular complexity index is 295. The minimum atomic E-state index is -0.167. The van der Waals surface area contributed by atoms with Gasteiger partial charge in [-0.25, -0.2) is 0 Å². The van der Waals surface area contributed by atoms with Gasteiger partial charge in [0.15, 0.2) is 0 Å². The molecule has 0 bridgehead atoms. The lowest BCUT2D eigenvalue weighted by atomic mass is 10.4. The molecule has 0 saturated carbocycles. The Kier molecular flexibility index (Phi) is 3.31. The number of carbonyl (C=O) groups is 1. The summed E-state index contributed by atoms with van der Waals surface area (Å²) in [5.74, 6) is -0.167. The Balaban J connectivity index is 2.43. The van der Waals surface area contributed by atoms with Crippen LogP contribution in [-0.2, 0) is 11.3 Å². The summed E-state index contributed by atoms with van der Waals surface area (Å²) in [6, 6.07) is 3.69. The highest BCUT2D eigenvalue weighted by molar-refractivity contribution is 7.16. The largest absolute Gasteiger partial charge is 0.348 e. The lowest BCUT2D eigenvalue weighted by molar-refractivity contribution is -0.116. The molecule has 1 heterocycles. The van der Waals surface area contributed by atoms with Crippen molar-refractivity contribution < 1.29 is 4.79 Å². The predicted octanol–water partition coefficient (Wildman–Crippen LogP) is 2.20. The molecule has 0 radical (unpaired) electrons. The molecule has 1 aromatic heterocycles. The van der Waals surface area contributed by atoms with Crippen LogP contribution >= 0.6 is 22.9 Å². The van der Waals surface area contributed by atoms with Crippen molar-refractivity contribution in [1.82, 2.24) is 5.32 Å². The van der Waals surface area contributed by atoms with Crippen molar-refractivity contribution in [3.05, 3.63) is 34.0 Å². The average molecular weight is 202 g/mol. The maximum absolute atomic E-state index is 10.7. The molecule has 1 amide bonds. The van der Waals surface area contributed by atoms with Crippen molar-refractivity contribution in [1.29, 1.82) is 0 Å². The monoisotopic (exact) mass is 201 g/mol. The van der Waals surface area contributed by atoms with Crippen LogP contribution in [0.25, 0.3) is 0 Å². The second-order valence-corrected chi connectivity index (χ2v) is 3.93. The standard InChI is InChI=1S/C8H8ClNOS/c1-2-8(11)10-5-6-3-4-7(9)12-6/h2-4H,1,5H2,(H,10,11). The first-order valence-corrected chi connectivity index (χ1v) is 4.56. The molecule has 1 N–H and O–H groups in total. The smallest absolute Gasteiger partial charge is 0.243 e. The quantitative estimate of drug-likeness (QED) is 0.747. The minimum absolute atomic E-state index is 0.167. The minimum Gasteiger partial charge on any atom is -0.348 e. The van der Waals surface area contributed by atoms with E-state index in [1.807, 2.05) is 12.1 Å². The first-order chi connectivity index (χ1) is 5.72. The maximum Gasteiger partial charge on any atom is 0.243 e. The lowest BCUT2D eigenvalue weighted by Crippen LogP contribution is -2.19. The van der Waals surface area contributed by atoms with Gasteiger partial charge in [-0.05, 0) is 18.2 Å². The van der Waals surface area contributed by atoms with Crippen LogP contribution in [0.3, 0.4) is 0 Å². The Labute approximate surface area is 79.9 Å². The molecule has 1 rings (SSSR count). The van der Waals surface area contributed by atoms with Crippen LogP contribution in [0.1, 0.15) is 4.88 Å². The molecule has 12 heavy (non-hydrogen) atoms. The zero-order valence-corrected chi connectivity index (χ0v) is 7.91. The number of hydrogen-bond donors (Lipinski definition) is 1. The number of nitrogens with one attached hydrogen (secondary N) is 1. The van der Waals surface area contributed by atoms with Crippen molar-refractivity contribution in [2.45, 2.75) is 6.54 Å². The molecule has 0 atom stereocenters. The van der Waals surface area contributed by atoms with Crippen molar-refractivity contribution in [2.75, 3.05) is 0 Å². The van der Waals surface area contributed by atoms with E-state index in [1.54, 1.807) is 0 Å². The fraction of sp³-hybridized carbons (Fsp3) is 0.125. The van der Waals surface area contributed by atoms with Crippen LogP contribution in [0.2, 0.25) is 4.34 Å². The number of amides is 1. The van der Waals surface area contributed by atoms with E-state index in [-0.39, 0.29) is 5.91 Å². The van der Waals surface area contributed by atoms with Crippen LogP contribution in [0.5, 0.6) is 0 Å². The number of carbonyl (C=O) groups excluding carboxylic acids is 1. The third-order valence-electron chi connectivity index (χ3n) is 1.25. The van der Waals surface area contributed by atoms with Crippen LogP contribution in [-0.4, -0.2) is 5.91 Å². The summed E-state index contributed by atoms with van der Waals surface area (Å²) < 4.78 is 0.734. The third-order valence-corrected chi connectivity index (χ3v) is 2.48. The van der Waals surface area contributed by atoms with Gasteiger partial charge in [0, 0.05) is 4.88 Å². The van der Waals surface area contributed by atoms with Crippen LogP contribution < -0.4 is 5.32 Å². The van der Waals surface area contributed by atoms with Crippen molar-refractivity contribution >= 4 is 28.8 Å². The SMILES string of the molecule is C=CC(=O)NCc1ccc(Cl)s1. The van der Waals surface area contributed by atoms with Crippen LogP contribution in [0.15, 0.2) is 24.8 Å². The predicted molar refractivity (Wildman–Crippen MR) is 51.4 cm³/mol. The molecule has 2 nitrogen and oxygen atoms in total. The molecule has 0 spiro atoms. The molecular weight excluding hydrogens is 194 g/mol. The Morgan fingerprint density at radius 1 is 1.75 bits per heavy atom. The summed E-state index contributed by atoms with van der Waals surface area (Å²) in [5.41, 5.74) is 0. The highest BCUT2D eigenvalue weighted by Crippen LogP contribution is 2.20. The molecule has 64 valence electrons. The summed E-state index contributed by atoms with van der Waals surface area (Å²) in [6.07, 6.45) is 1.25. The van der Waals surface area contributed by atoms with Gasteiger partial charge in [-0.3, -0.25) is 4.79 Å².